The maximum atomic E-state index is 10.0. The smallest absolute Gasteiger partial charge is 0.426 e. The summed E-state index contributed by atoms with van der Waals surface area (Å²) in [4.78, 5) is 20.0. The highest BCUT2D eigenvalue weighted by Crippen LogP contribution is 1.90. The zero-order valence-electron chi connectivity index (χ0n) is 8.12. The Morgan fingerprint density at radius 1 is 1.44 bits per heavy atom. The number of hydrazine groups is 1. The number of carboxylic acid groups (broad SMARTS) is 2. The number of aromatic nitrogens is 2. The van der Waals surface area contributed by atoms with Gasteiger partial charge in [-0.3, -0.25) is 5.10 Å². The summed E-state index contributed by atoms with van der Waals surface area (Å²) in [7, 11) is 0. The standard InChI is InChI=1S/C4H6N2O2.C4H4N2O2/c7-4(8)6-3-1-2-5-6;7-4(8)3-1-2-5-6-3/h1-2,5H,3H2,(H,7,8);1-2H,(H,5,6)(H,7,8). The van der Waals surface area contributed by atoms with E-state index in [0.29, 0.717) is 6.54 Å². The third-order valence-corrected chi connectivity index (χ3v) is 1.59. The first-order valence-corrected chi connectivity index (χ1v) is 4.26. The molecule has 1 aromatic heterocycles. The lowest BCUT2D eigenvalue weighted by atomic mass is 10.5. The van der Waals surface area contributed by atoms with Crippen LogP contribution in [0, 0.1) is 0 Å². The zero-order chi connectivity index (χ0) is 12.0. The first-order chi connectivity index (χ1) is 7.61. The molecule has 0 radical (unpaired) electrons. The van der Waals surface area contributed by atoms with Gasteiger partial charge in [0.15, 0.2) is 5.69 Å². The Morgan fingerprint density at radius 2 is 2.19 bits per heavy atom. The lowest BCUT2D eigenvalue weighted by Crippen LogP contribution is -2.34. The number of H-pyrrole nitrogens is 1. The molecule has 2 rings (SSSR count). The quantitative estimate of drug-likeness (QED) is 0.539. The summed E-state index contributed by atoms with van der Waals surface area (Å²) in [6.07, 6.45) is 3.83. The maximum Gasteiger partial charge on any atom is 0.426 e. The molecule has 0 aromatic carbocycles. The predicted octanol–water partition coefficient (Wildman–Crippen LogP) is 0.106. The van der Waals surface area contributed by atoms with Crippen LogP contribution in [-0.4, -0.2) is 44.0 Å². The SMILES string of the molecule is O=C(O)N1CC=CN1.O=C(O)c1cc[nH]n1. The van der Waals surface area contributed by atoms with E-state index < -0.39 is 12.1 Å². The van der Waals surface area contributed by atoms with Crippen LogP contribution >= 0.6 is 0 Å². The van der Waals surface area contributed by atoms with Gasteiger partial charge in [-0.2, -0.15) is 5.10 Å². The van der Waals surface area contributed by atoms with Crippen molar-refractivity contribution in [2.24, 2.45) is 0 Å². The van der Waals surface area contributed by atoms with Crippen LogP contribution in [0.5, 0.6) is 0 Å². The highest BCUT2D eigenvalue weighted by molar-refractivity contribution is 5.84. The maximum absolute atomic E-state index is 10.0. The van der Waals surface area contributed by atoms with Crippen LogP contribution in [0.25, 0.3) is 0 Å². The number of rotatable bonds is 1. The number of amides is 1. The van der Waals surface area contributed by atoms with Crippen LogP contribution in [-0.2, 0) is 0 Å². The number of hydrogen-bond donors (Lipinski definition) is 4. The van der Waals surface area contributed by atoms with E-state index in [1.807, 2.05) is 0 Å². The summed E-state index contributed by atoms with van der Waals surface area (Å²) in [5.41, 5.74) is 2.56. The topological polar surface area (TPSA) is 119 Å². The summed E-state index contributed by atoms with van der Waals surface area (Å²) in [6.45, 7) is 0.440. The van der Waals surface area contributed by atoms with E-state index >= 15 is 0 Å². The van der Waals surface area contributed by atoms with Gasteiger partial charge in [0.1, 0.15) is 0 Å². The Kier molecular flexibility index (Phi) is 3.90. The summed E-state index contributed by atoms with van der Waals surface area (Å²) in [5.74, 6) is -1.01. The van der Waals surface area contributed by atoms with Crippen LogP contribution in [0.1, 0.15) is 10.5 Å². The number of aromatic amines is 1. The van der Waals surface area contributed by atoms with Crippen molar-refractivity contribution in [3.8, 4) is 0 Å². The molecular weight excluding hydrogens is 216 g/mol. The van der Waals surface area contributed by atoms with E-state index in [9.17, 15) is 9.59 Å². The predicted molar refractivity (Wildman–Crippen MR) is 52.6 cm³/mol. The van der Waals surface area contributed by atoms with Gasteiger partial charge in [-0.25, -0.2) is 14.6 Å². The first-order valence-electron chi connectivity index (χ1n) is 4.26. The number of hydrogen-bond acceptors (Lipinski definition) is 4. The largest absolute Gasteiger partial charge is 0.476 e. The van der Waals surface area contributed by atoms with Crippen molar-refractivity contribution in [1.82, 2.24) is 20.6 Å². The van der Waals surface area contributed by atoms with Crippen molar-refractivity contribution in [2.45, 2.75) is 0 Å². The molecule has 16 heavy (non-hydrogen) atoms. The second-order valence-corrected chi connectivity index (χ2v) is 2.69. The molecule has 8 heteroatoms. The molecule has 4 N–H and O–H groups in total. The molecule has 1 aromatic rings. The molecular formula is C8H10N4O4. The monoisotopic (exact) mass is 226 g/mol. The van der Waals surface area contributed by atoms with Gasteiger partial charge in [-0.15, -0.1) is 0 Å². The second-order valence-electron chi connectivity index (χ2n) is 2.69. The van der Waals surface area contributed by atoms with Crippen LogP contribution in [0.15, 0.2) is 24.5 Å². The minimum atomic E-state index is -1.01. The minimum absolute atomic E-state index is 0.0463. The van der Waals surface area contributed by atoms with Crippen LogP contribution in [0.2, 0.25) is 0 Å². The number of aromatic carboxylic acids is 1. The van der Waals surface area contributed by atoms with E-state index in [2.05, 4.69) is 15.6 Å². The summed E-state index contributed by atoms with van der Waals surface area (Å²) in [5, 5.41) is 23.3. The molecule has 0 fully saturated rings. The molecule has 0 bridgehead atoms. The molecule has 0 saturated heterocycles. The highest BCUT2D eigenvalue weighted by Gasteiger charge is 2.09. The lowest BCUT2D eigenvalue weighted by molar-refractivity contribution is 0.0690. The molecule has 2 heterocycles. The third-order valence-electron chi connectivity index (χ3n) is 1.59. The molecule has 0 atom stereocenters. The third kappa shape index (κ3) is 3.33. The summed E-state index contributed by atoms with van der Waals surface area (Å²) in [6, 6.07) is 1.39. The molecule has 0 spiro atoms. The Balaban J connectivity index is 0.000000160. The molecule has 1 aliphatic rings. The van der Waals surface area contributed by atoms with Crippen molar-refractivity contribution in [3.05, 3.63) is 30.2 Å². The number of nitrogens with zero attached hydrogens (tertiary/aromatic N) is 2. The molecule has 0 aliphatic carbocycles. The average molecular weight is 226 g/mol. The van der Waals surface area contributed by atoms with E-state index in [1.54, 1.807) is 12.3 Å². The number of carboxylic acids is 1. The fourth-order valence-electron chi connectivity index (χ4n) is 0.866. The van der Waals surface area contributed by atoms with Gasteiger partial charge < -0.3 is 15.6 Å². The van der Waals surface area contributed by atoms with Gasteiger partial charge in [0.2, 0.25) is 0 Å². The molecule has 8 nitrogen and oxygen atoms in total. The zero-order valence-corrected chi connectivity index (χ0v) is 8.12. The van der Waals surface area contributed by atoms with Gasteiger partial charge in [-0.05, 0) is 12.1 Å². The Labute approximate surface area is 90.2 Å². The Morgan fingerprint density at radius 3 is 2.44 bits per heavy atom. The van der Waals surface area contributed by atoms with Gasteiger partial charge in [-0.1, -0.05) is 0 Å². The average Bonchev–Trinajstić information content (AvgIpc) is 2.93. The number of carbonyl (C=O) groups is 2. The second kappa shape index (κ2) is 5.39. The van der Waals surface area contributed by atoms with E-state index in [0.717, 1.165) is 5.01 Å². The van der Waals surface area contributed by atoms with Crippen molar-refractivity contribution in [1.29, 1.82) is 0 Å². The lowest BCUT2D eigenvalue weighted by Gasteiger charge is -2.09. The first kappa shape index (κ1) is 11.6. The van der Waals surface area contributed by atoms with Crippen molar-refractivity contribution >= 4 is 12.1 Å². The fourth-order valence-corrected chi connectivity index (χ4v) is 0.866. The van der Waals surface area contributed by atoms with Gasteiger partial charge in [0.05, 0.1) is 6.54 Å². The minimum Gasteiger partial charge on any atom is -0.476 e. The highest BCUT2D eigenvalue weighted by atomic mass is 16.4. The summed E-state index contributed by atoms with van der Waals surface area (Å²) >= 11 is 0. The number of nitrogens with one attached hydrogen (secondary N) is 2. The van der Waals surface area contributed by atoms with Crippen LogP contribution < -0.4 is 5.43 Å². The van der Waals surface area contributed by atoms with E-state index in [4.69, 9.17) is 10.2 Å². The molecule has 0 saturated carbocycles. The normalized spacial score (nSPS) is 12.6. The van der Waals surface area contributed by atoms with Crippen molar-refractivity contribution < 1.29 is 19.8 Å². The van der Waals surface area contributed by atoms with E-state index in [1.165, 1.54) is 12.3 Å². The van der Waals surface area contributed by atoms with Gasteiger partial charge in [0.25, 0.3) is 0 Å². The molecule has 1 amide bonds. The van der Waals surface area contributed by atoms with E-state index in [-0.39, 0.29) is 5.69 Å². The van der Waals surface area contributed by atoms with Crippen LogP contribution in [0.4, 0.5) is 4.79 Å². The Hall–Kier alpha value is -2.51. The van der Waals surface area contributed by atoms with Gasteiger partial charge in [0, 0.05) is 12.4 Å². The van der Waals surface area contributed by atoms with Gasteiger partial charge >= 0.3 is 12.1 Å². The van der Waals surface area contributed by atoms with Crippen molar-refractivity contribution in [2.75, 3.05) is 6.54 Å². The fraction of sp³-hybridized carbons (Fsp3) is 0.125. The van der Waals surface area contributed by atoms with Crippen molar-refractivity contribution in [3.63, 3.8) is 0 Å². The van der Waals surface area contributed by atoms with Crippen LogP contribution in [0.3, 0.4) is 0 Å². The Bertz CT molecular complexity index is 379. The summed E-state index contributed by atoms with van der Waals surface area (Å²) < 4.78 is 0. The molecule has 86 valence electrons. The molecule has 1 aliphatic heterocycles. The molecule has 0 unspecified atom stereocenters.